The first-order valence-electron chi connectivity index (χ1n) is 5.13. The Kier molecular flexibility index (Phi) is 4.75. The highest BCUT2D eigenvalue weighted by molar-refractivity contribution is 9.10. The normalized spacial score (nSPS) is 13.2. The lowest BCUT2D eigenvalue weighted by Gasteiger charge is -2.13. The van der Waals surface area contributed by atoms with Crippen molar-refractivity contribution in [2.75, 3.05) is 6.54 Å². The molecule has 0 fully saturated rings. The lowest BCUT2D eigenvalue weighted by molar-refractivity contribution is -0.138. The first-order chi connectivity index (χ1) is 8.25. The summed E-state index contributed by atoms with van der Waals surface area (Å²) < 4.78 is 37.8. The molecule has 18 heavy (non-hydrogen) atoms. The minimum Gasteiger partial charge on any atom is -0.348 e. The summed E-state index contributed by atoms with van der Waals surface area (Å²) in [7, 11) is 0. The molecular weight excluding hydrogens is 313 g/mol. The maximum Gasteiger partial charge on any atom is 0.417 e. The molecule has 0 unspecified atom stereocenters. The summed E-state index contributed by atoms with van der Waals surface area (Å²) in [5, 5.41) is 2.50. The van der Waals surface area contributed by atoms with Crippen LogP contribution in [-0.4, -0.2) is 18.5 Å². The number of amides is 1. The molecule has 0 aliphatic rings. The van der Waals surface area contributed by atoms with Crippen molar-refractivity contribution < 1.29 is 18.0 Å². The van der Waals surface area contributed by atoms with Crippen LogP contribution in [-0.2, 0) is 6.18 Å². The van der Waals surface area contributed by atoms with Gasteiger partial charge in [0.25, 0.3) is 5.91 Å². The van der Waals surface area contributed by atoms with E-state index in [2.05, 4.69) is 21.2 Å². The van der Waals surface area contributed by atoms with Crippen LogP contribution in [0.2, 0.25) is 0 Å². The van der Waals surface area contributed by atoms with Gasteiger partial charge in [0.2, 0.25) is 0 Å². The average molecular weight is 325 g/mol. The molecule has 7 heteroatoms. The average Bonchev–Trinajstić information content (AvgIpc) is 2.27. The summed E-state index contributed by atoms with van der Waals surface area (Å²) >= 11 is 2.81. The lowest BCUT2D eigenvalue weighted by Crippen LogP contribution is -2.37. The molecule has 0 radical (unpaired) electrons. The van der Waals surface area contributed by atoms with E-state index >= 15 is 0 Å². The van der Waals surface area contributed by atoms with Crippen molar-refractivity contribution in [2.24, 2.45) is 5.73 Å². The number of halogens is 4. The van der Waals surface area contributed by atoms with Gasteiger partial charge in [0.1, 0.15) is 0 Å². The predicted molar refractivity (Wildman–Crippen MR) is 65.1 cm³/mol. The molecule has 0 bridgehead atoms. The fourth-order valence-corrected chi connectivity index (χ4v) is 1.72. The van der Waals surface area contributed by atoms with E-state index in [0.29, 0.717) is 0 Å². The van der Waals surface area contributed by atoms with Crippen LogP contribution < -0.4 is 11.1 Å². The van der Waals surface area contributed by atoms with E-state index in [1.54, 1.807) is 6.92 Å². The Balaban J connectivity index is 3.02. The van der Waals surface area contributed by atoms with Crippen molar-refractivity contribution in [3.05, 3.63) is 33.8 Å². The molecule has 0 aliphatic carbocycles. The van der Waals surface area contributed by atoms with Gasteiger partial charge in [0.15, 0.2) is 0 Å². The van der Waals surface area contributed by atoms with E-state index in [9.17, 15) is 18.0 Å². The van der Waals surface area contributed by atoms with Crippen LogP contribution in [0.5, 0.6) is 0 Å². The molecule has 100 valence electrons. The molecule has 3 nitrogen and oxygen atoms in total. The number of hydrogen-bond acceptors (Lipinski definition) is 2. The van der Waals surface area contributed by atoms with E-state index in [1.165, 1.54) is 12.1 Å². The number of benzene rings is 1. The van der Waals surface area contributed by atoms with Crippen LogP contribution in [0.3, 0.4) is 0 Å². The molecule has 0 spiro atoms. The monoisotopic (exact) mass is 324 g/mol. The van der Waals surface area contributed by atoms with Gasteiger partial charge in [0, 0.05) is 22.6 Å². The molecule has 1 rings (SSSR count). The Labute approximate surface area is 111 Å². The second kappa shape index (κ2) is 5.71. The smallest absolute Gasteiger partial charge is 0.348 e. The van der Waals surface area contributed by atoms with Crippen LogP contribution in [0.25, 0.3) is 0 Å². The Bertz CT molecular complexity index is 448. The zero-order valence-corrected chi connectivity index (χ0v) is 11.1. The Morgan fingerprint density at radius 2 is 2.11 bits per heavy atom. The number of alkyl halides is 3. The molecule has 0 saturated carbocycles. The highest BCUT2D eigenvalue weighted by Crippen LogP contribution is 2.35. The molecule has 0 saturated heterocycles. The van der Waals surface area contributed by atoms with Crippen molar-refractivity contribution in [2.45, 2.75) is 19.1 Å². The maximum absolute atomic E-state index is 12.6. The Morgan fingerprint density at radius 1 is 1.50 bits per heavy atom. The number of carbonyl (C=O) groups is 1. The van der Waals surface area contributed by atoms with Gasteiger partial charge in [0.05, 0.1) is 5.56 Å². The minimum absolute atomic E-state index is 0.0502. The standard InChI is InChI=1S/C11H12BrF3N2O/c1-6(5-16)17-10(18)7-2-3-9(12)8(4-7)11(13,14)15/h2-4,6H,5,16H2,1H3,(H,17,18)/t6-/m1/s1. The summed E-state index contributed by atoms with van der Waals surface area (Å²) in [5.74, 6) is -0.578. The highest BCUT2D eigenvalue weighted by atomic mass is 79.9. The molecule has 1 aromatic rings. The topological polar surface area (TPSA) is 55.1 Å². The van der Waals surface area contributed by atoms with E-state index in [4.69, 9.17) is 5.73 Å². The SMILES string of the molecule is C[C@H](CN)NC(=O)c1ccc(Br)c(C(F)(F)F)c1. The predicted octanol–water partition coefficient (Wildman–Crippen LogP) is 2.54. The molecular formula is C11H12BrF3N2O. The third-order valence-electron chi connectivity index (χ3n) is 2.26. The second-order valence-corrected chi connectivity index (χ2v) is 4.66. The summed E-state index contributed by atoms with van der Waals surface area (Å²) in [6, 6.07) is 3.03. The van der Waals surface area contributed by atoms with Crippen molar-refractivity contribution in [3.63, 3.8) is 0 Å². The molecule has 1 atom stereocenters. The molecule has 3 N–H and O–H groups in total. The van der Waals surface area contributed by atoms with E-state index in [0.717, 1.165) is 6.07 Å². The number of carbonyl (C=O) groups excluding carboxylic acids is 1. The van der Waals surface area contributed by atoms with Gasteiger partial charge in [-0.1, -0.05) is 15.9 Å². The Hall–Kier alpha value is -1.08. The van der Waals surface area contributed by atoms with Gasteiger partial charge in [-0.05, 0) is 25.1 Å². The summed E-state index contributed by atoms with van der Waals surface area (Å²) in [6.07, 6.45) is -4.51. The van der Waals surface area contributed by atoms with E-state index in [-0.39, 0.29) is 22.6 Å². The van der Waals surface area contributed by atoms with E-state index < -0.39 is 17.6 Å². The summed E-state index contributed by atoms with van der Waals surface area (Å²) in [6.45, 7) is 1.88. The number of hydrogen-bond donors (Lipinski definition) is 2. The van der Waals surface area contributed by atoms with Crippen LogP contribution in [0.4, 0.5) is 13.2 Å². The van der Waals surface area contributed by atoms with Crippen molar-refractivity contribution in [3.8, 4) is 0 Å². The van der Waals surface area contributed by atoms with Crippen LogP contribution in [0, 0.1) is 0 Å². The molecule has 1 aromatic carbocycles. The maximum atomic E-state index is 12.6. The van der Waals surface area contributed by atoms with Crippen LogP contribution >= 0.6 is 15.9 Å². The molecule has 1 amide bonds. The van der Waals surface area contributed by atoms with Gasteiger partial charge in [-0.25, -0.2) is 0 Å². The van der Waals surface area contributed by atoms with Gasteiger partial charge in [-0.2, -0.15) is 13.2 Å². The van der Waals surface area contributed by atoms with Crippen molar-refractivity contribution in [1.82, 2.24) is 5.32 Å². The van der Waals surface area contributed by atoms with Gasteiger partial charge < -0.3 is 11.1 Å². The second-order valence-electron chi connectivity index (χ2n) is 3.80. The third kappa shape index (κ3) is 3.71. The minimum atomic E-state index is -4.51. The molecule has 0 aliphatic heterocycles. The highest BCUT2D eigenvalue weighted by Gasteiger charge is 2.33. The fraction of sp³-hybridized carbons (Fsp3) is 0.364. The van der Waals surface area contributed by atoms with Crippen LogP contribution in [0.15, 0.2) is 22.7 Å². The molecule has 0 heterocycles. The number of nitrogens with one attached hydrogen (secondary N) is 1. The summed E-state index contributed by atoms with van der Waals surface area (Å²) in [5.41, 5.74) is 4.39. The zero-order chi connectivity index (χ0) is 13.9. The first kappa shape index (κ1) is 15.0. The quantitative estimate of drug-likeness (QED) is 0.897. The van der Waals surface area contributed by atoms with Crippen molar-refractivity contribution >= 4 is 21.8 Å². The van der Waals surface area contributed by atoms with Crippen LogP contribution in [0.1, 0.15) is 22.8 Å². The third-order valence-corrected chi connectivity index (χ3v) is 2.96. The molecule has 0 aromatic heterocycles. The lowest BCUT2D eigenvalue weighted by atomic mass is 10.1. The Morgan fingerprint density at radius 3 is 2.61 bits per heavy atom. The summed E-state index contributed by atoms with van der Waals surface area (Å²) in [4.78, 5) is 11.7. The van der Waals surface area contributed by atoms with Crippen molar-refractivity contribution in [1.29, 1.82) is 0 Å². The first-order valence-corrected chi connectivity index (χ1v) is 5.92. The number of rotatable bonds is 3. The van der Waals surface area contributed by atoms with E-state index in [1.807, 2.05) is 0 Å². The fourth-order valence-electron chi connectivity index (χ4n) is 1.25. The largest absolute Gasteiger partial charge is 0.417 e. The zero-order valence-electron chi connectivity index (χ0n) is 9.51. The van der Waals surface area contributed by atoms with Gasteiger partial charge >= 0.3 is 6.18 Å². The van der Waals surface area contributed by atoms with Gasteiger partial charge in [-0.3, -0.25) is 4.79 Å². The van der Waals surface area contributed by atoms with Gasteiger partial charge in [-0.15, -0.1) is 0 Å². The number of nitrogens with two attached hydrogens (primary N) is 1.